The smallest absolute Gasteiger partial charge is 0.120 e. The van der Waals surface area contributed by atoms with Crippen LogP contribution in [0.2, 0.25) is 5.02 Å². The normalized spacial score (nSPS) is 20.6. The van der Waals surface area contributed by atoms with E-state index >= 15 is 0 Å². The monoisotopic (exact) mass is 225 g/mol. The first-order chi connectivity index (χ1) is 7.22. The Morgan fingerprint density at radius 3 is 2.87 bits per heavy atom. The molecule has 0 bridgehead atoms. The Morgan fingerprint density at radius 2 is 2.27 bits per heavy atom. The summed E-state index contributed by atoms with van der Waals surface area (Å²) >= 11 is 6.18. The number of benzene rings is 1. The summed E-state index contributed by atoms with van der Waals surface area (Å²) in [5.74, 6) is 1.44. The molecule has 0 spiro atoms. The van der Waals surface area contributed by atoms with Gasteiger partial charge in [0.1, 0.15) is 5.75 Å². The zero-order valence-electron chi connectivity index (χ0n) is 9.14. The highest BCUT2D eigenvalue weighted by Gasteiger charge is 2.20. The first-order valence-corrected chi connectivity index (χ1v) is 5.65. The molecule has 1 aromatic carbocycles. The summed E-state index contributed by atoms with van der Waals surface area (Å²) in [6.45, 7) is 4.22. The van der Waals surface area contributed by atoms with E-state index in [0.717, 1.165) is 23.9 Å². The molecule has 2 rings (SSSR count). The van der Waals surface area contributed by atoms with Gasteiger partial charge in [0.25, 0.3) is 0 Å². The molecule has 0 radical (unpaired) electrons. The maximum absolute atomic E-state index is 6.18. The Hall–Kier alpha value is -0.730. The van der Waals surface area contributed by atoms with Crippen molar-refractivity contribution in [3.63, 3.8) is 0 Å². The lowest BCUT2D eigenvalue weighted by molar-refractivity contribution is 0.413. The topological polar surface area (TPSA) is 21.3 Å². The van der Waals surface area contributed by atoms with Crippen molar-refractivity contribution in [2.45, 2.75) is 19.3 Å². The van der Waals surface area contributed by atoms with Gasteiger partial charge in [-0.1, -0.05) is 11.6 Å². The van der Waals surface area contributed by atoms with Gasteiger partial charge in [0, 0.05) is 11.6 Å². The van der Waals surface area contributed by atoms with E-state index in [1.807, 2.05) is 6.07 Å². The molecule has 1 aliphatic rings. The van der Waals surface area contributed by atoms with Gasteiger partial charge in [0.15, 0.2) is 0 Å². The van der Waals surface area contributed by atoms with Crippen molar-refractivity contribution in [3.8, 4) is 5.75 Å². The Morgan fingerprint density at radius 1 is 1.47 bits per heavy atom. The second kappa shape index (κ2) is 4.42. The van der Waals surface area contributed by atoms with Gasteiger partial charge >= 0.3 is 0 Å². The summed E-state index contributed by atoms with van der Waals surface area (Å²) < 4.78 is 5.25. The van der Waals surface area contributed by atoms with Crippen LogP contribution in [0.25, 0.3) is 0 Å². The van der Waals surface area contributed by atoms with Crippen molar-refractivity contribution in [2.24, 2.45) is 0 Å². The summed E-state index contributed by atoms with van der Waals surface area (Å²) in [5.41, 5.74) is 2.51. The van der Waals surface area contributed by atoms with Crippen molar-refractivity contribution in [2.75, 3.05) is 20.2 Å². The number of hydrogen-bond acceptors (Lipinski definition) is 2. The van der Waals surface area contributed by atoms with Gasteiger partial charge in [-0.15, -0.1) is 0 Å². The van der Waals surface area contributed by atoms with Crippen LogP contribution in [0.1, 0.15) is 23.5 Å². The Bertz CT molecular complexity index is 359. The van der Waals surface area contributed by atoms with E-state index in [9.17, 15) is 0 Å². The van der Waals surface area contributed by atoms with Crippen LogP contribution in [0.5, 0.6) is 5.75 Å². The fourth-order valence-electron chi connectivity index (χ4n) is 2.14. The second-order valence-electron chi connectivity index (χ2n) is 4.01. The number of hydrogen-bond donors (Lipinski definition) is 1. The van der Waals surface area contributed by atoms with Gasteiger partial charge < -0.3 is 10.1 Å². The van der Waals surface area contributed by atoms with E-state index in [0.29, 0.717) is 5.92 Å². The molecule has 82 valence electrons. The average Bonchev–Trinajstić information content (AvgIpc) is 2.75. The third kappa shape index (κ3) is 2.11. The molecular weight excluding hydrogens is 210 g/mol. The maximum atomic E-state index is 6.18. The molecule has 0 saturated carbocycles. The standard InChI is InChI=1S/C12H16ClNO/c1-8-11(9-3-4-14-7-9)5-10(15-2)6-12(8)13/h5-6,9,14H,3-4,7H2,1-2H3. The summed E-state index contributed by atoms with van der Waals surface area (Å²) in [7, 11) is 1.68. The van der Waals surface area contributed by atoms with Crippen LogP contribution in [0.4, 0.5) is 0 Å². The van der Waals surface area contributed by atoms with Gasteiger partial charge in [-0.25, -0.2) is 0 Å². The predicted octanol–water partition coefficient (Wildman–Crippen LogP) is 2.73. The number of ether oxygens (including phenoxy) is 1. The molecule has 1 unspecified atom stereocenters. The van der Waals surface area contributed by atoms with Crippen LogP contribution in [-0.4, -0.2) is 20.2 Å². The van der Waals surface area contributed by atoms with Crippen LogP contribution in [-0.2, 0) is 0 Å². The molecule has 2 nitrogen and oxygen atoms in total. The molecule has 0 amide bonds. The Balaban J connectivity index is 2.39. The average molecular weight is 226 g/mol. The van der Waals surface area contributed by atoms with Crippen molar-refractivity contribution >= 4 is 11.6 Å². The summed E-state index contributed by atoms with van der Waals surface area (Å²) in [4.78, 5) is 0. The molecule has 15 heavy (non-hydrogen) atoms. The minimum atomic E-state index is 0.581. The molecule has 0 aromatic heterocycles. The van der Waals surface area contributed by atoms with Crippen molar-refractivity contribution in [1.29, 1.82) is 0 Å². The summed E-state index contributed by atoms with van der Waals surface area (Å²) in [6, 6.07) is 3.99. The van der Waals surface area contributed by atoms with Gasteiger partial charge in [0.2, 0.25) is 0 Å². The van der Waals surface area contributed by atoms with E-state index in [2.05, 4.69) is 18.3 Å². The quantitative estimate of drug-likeness (QED) is 0.836. The Kier molecular flexibility index (Phi) is 3.17. The van der Waals surface area contributed by atoms with Gasteiger partial charge in [-0.2, -0.15) is 0 Å². The number of nitrogens with one attached hydrogen (secondary N) is 1. The molecular formula is C12H16ClNO. The molecule has 0 aliphatic carbocycles. The minimum absolute atomic E-state index is 0.581. The summed E-state index contributed by atoms with van der Waals surface area (Å²) in [6.07, 6.45) is 1.18. The minimum Gasteiger partial charge on any atom is -0.497 e. The molecule has 1 atom stereocenters. The third-order valence-electron chi connectivity index (χ3n) is 3.09. The van der Waals surface area contributed by atoms with E-state index in [4.69, 9.17) is 16.3 Å². The summed E-state index contributed by atoms with van der Waals surface area (Å²) in [5, 5.41) is 4.17. The number of rotatable bonds is 2. The van der Waals surface area contributed by atoms with Crippen LogP contribution in [0.3, 0.4) is 0 Å². The highest BCUT2D eigenvalue weighted by Crippen LogP contribution is 2.33. The van der Waals surface area contributed by atoms with E-state index in [-0.39, 0.29) is 0 Å². The van der Waals surface area contributed by atoms with E-state index in [1.54, 1.807) is 7.11 Å². The highest BCUT2D eigenvalue weighted by molar-refractivity contribution is 6.31. The van der Waals surface area contributed by atoms with Crippen molar-refractivity contribution in [1.82, 2.24) is 5.32 Å². The lowest BCUT2D eigenvalue weighted by atomic mass is 9.94. The van der Waals surface area contributed by atoms with Crippen LogP contribution in [0, 0.1) is 6.92 Å². The first-order valence-electron chi connectivity index (χ1n) is 5.27. The SMILES string of the molecule is COc1cc(Cl)c(C)c(C2CCNC2)c1. The van der Waals surface area contributed by atoms with E-state index in [1.165, 1.54) is 17.5 Å². The molecule has 1 N–H and O–H groups in total. The van der Waals surface area contributed by atoms with Crippen LogP contribution in [0.15, 0.2) is 12.1 Å². The predicted molar refractivity (Wildman–Crippen MR) is 63.0 cm³/mol. The van der Waals surface area contributed by atoms with E-state index < -0.39 is 0 Å². The highest BCUT2D eigenvalue weighted by atomic mass is 35.5. The van der Waals surface area contributed by atoms with Crippen LogP contribution < -0.4 is 10.1 Å². The lowest BCUT2D eigenvalue weighted by Crippen LogP contribution is -2.09. The second-order valence-corrected chi connectivity index (χ2v) is 4.42. The first kappa shape index (κ1) is 10.8. The number of halogens is 1. The maximum Gasteiger partial charge on any atom is 0.120 e. The number of methoxy groups -OCH3 is 1. The Labute approximate surface area is 95.6 Å². The lowest BCUT2D eigenvalue weighted by Gasteiger charge is -2.15. The van der Waals surface area contributed by atoms with Crippen molar-refractivity contribution in [3.05, 3.63) is 28.3 Å². The largest absolute Gasteiger partial charge is 0.497 e. The molecule has 1 heterocycles. The molecule has 1 saturated heterocycles. The molecule has 1 aliphatic heterocycles. The van der Waals surface area contributed by atoms with Crippen LogP contribution >= 0.6 is 11.6 Å². The fourth-order valence-corrected chi connectivity index (χ4v) is 2.35. The van der Waals surface area contributed by atoms with Gasteiger partial charge in [-0.3, -0.25) is 0 Å². The van der Waals surface area contributed by atoms with Crippen molar-refractivity contribution < 1.29 is 4.74 Å². The third-order valence-corrected chi connectivity index (χ3v) is 3.49. The zero-order valence-corrected chi connectivity index (χ0v) is 9.90. The van der Waals surface area contributed by atoms with Gasteiger partial charge in [0.05, 0.1) is 7.11 Å². The molecule has 1 aromatic rings. The molecule has 3 heteroatoms. The van der Waals surface area contributed by atoms with Gasteiger partial charge in [-0.05, 0) is 49.1 Å². The fraction of sp³-hybridized carbons (Fsp3) is 0.500. The zero-order chi connectivity index (χ0) is 10.8. The molecule has 1 fully saturated rings.